The van der Waals surface area contributed by atoms with Gasteiger partial charge >= 0.3 is 5.97 Å². The number of carbonyl (C=O) groups is 1. The van der Waals surface area contributed by atoms with Gasteiger partial charge in [-0.05, 0) is 30.2 Å². The predicted molar refractivity (Wildman–Crippen MR) is 87.3 cm³/mol. The number of carboxylic acids is 1. The van der Waals surface area contributed by atoms with Gasteiger partial charge in [0, 0.05) is 17.9 Å². The number of ether oxygens (including phenoxy) is 2. The van der Waals surface area contributed by atoms with Crippen molar-refractivity contribution in [1.82, 2.24) is 0 Å². The van der Waals surface area contributed by atoms with Gasteiger partial charge < -0.3 is 14.6 Å². The normalized spacial score (nSPS) is 14.3. The van der Waals surface area contributed by atoms with Crippen molar-refractivity contribution >= 4 is 5.97 Å². The first kappa shape index (κ1) is 15.6. The highest BCUT2D eigenvalue weighted by Gasteiger charge is 2.24. The van der Waals surface area contributed by atoms with Gasteiger partial charge in [0.05, 0.1) is 25.4 Å². The van der Waals surface area contributed by atoms with Gasteiger partial charge in [-0.2, -0.15) is 0 Å². The van der Waals surface area contributed by atoms with Crippen LogP contribution in [0.5, 0.6) is 5.75 Å². The summed E-state index contributed by atoms with van der Waals surface area (Å²) in [6.45, 7) is 3.94. The molecule has 2 aromatic rings. The van der Waals surface area contributed by atoms with E-state index in [0.717, 1.165) is 12.0 Å². The molecule has 0 aromatic heterocycles. The summed E-state index contributed by atoms with van der Waals surface area (Å²) in [5, 5.41) is 9.17. The van der Waals surface area contributed by atoms with Gasteiger partial charge in [0.15, 0.2) is 0 Å². The van der Waals surface area contributed by atoms with E-state index in [1.807, 2.05) is 18.2 Å². The highest BCUT2D eigenvalue weighted by atomic mass is 16.5. The Bertz CT molecular complexity index is 704. The van der Waals surface area contributed by atoms with Gasteiger partial charge in [-0.25, -0.2) is 4.79 Å². The van der Waals surface area contributed by atoms with Crippen molar-refractivity contribution in [2.75, 3.05) is 19.8 Å². The molecule has 2 aromatic carbocycles. The van der Waals surface area contributed by atoms with Gasteiger partial charge in [-0.3, -0.25) is 0 Å². The Morgan fingerprint density at radius 3 is 2.70 bits per heavy atom. The molecule has 0 saturated carbocycles. The molecule has 0 radical (unpaired) electrons. The molecule has 23 heavy (non-hydrogen) atoms. The molecule has 120 valence electrons. The lowest BCUT2D eigenvalue weighted by atomic mass is 9.95. The highest BCUT2D eigenvalue weighted by Crippen LogP contribution is 2.33. The Labute approximate surface area is 135 Å². The number of rotatable bonds is 6. The first-order valence-corrected chi connectivity index (χ1v) is 7.77. The van der Waals surface area contributed by atoms with Crippen LogP contribution in [0, 0.1) is 6.92 Å². The summed E-state index contributed by atoms with van der Waals surface area (Å²) >= 11 is 0. The average Bonchev–Trinajstić information content (AvgIpc) is 2.48. The van der Waals surface area contributed by atoms with E-state index in [9.17, 15) is 4.79 Å². The summed E-state index contributed by atoms with van der Waals surface area (Å²) in [5.41, 5.74) is 3.77. The van der Waals surface area contributed by atoms with E-state index in [-0.39, 0.29) is 5.56 Å². The number of benzene rings is 2. The molecule has 0 amide bonds. The molecule has 4 nitrogen and oxygen atoms in total. The van der Waals surface area contributed by atoms with Crippen LogP contribution in [0.3, 0.4) is 0 Å². The predicted octanol–water partition coefficient (Wildman–Crippen LogP) is 3.43. The van der Waals surface area contributed by atoms with Crippen molar-refractivity contribution in [2.45, 2.75) is 19.3 Å². The molecule has 1 heterocycles. The SMILES string of the molecule is Cc1ccccc1CCOc1cc(C(=O)O)ccc1C1COC1. The van der Waals surface area contributed by atoms with Gasteiger partial charge in [0.2, 0.25) is 0 Å². The van der Waals surface area contributed by atoms with Crippen molar-refractivity contribution in [3.05, 3.63) is 64.7 Å². The minimum absolute atomic E-state index is 0.250. The second-order valence-corrected chi connectivity index (χ2v) is 5.82. The van der Waals surface area contributed by atoms with Crippen LogP contribution >= 0.6 is 0 Å². The molecule has 1 saturated heterocycles. The summed E-state index contributed by atoms with van der Waals surface area (Å²) in [6.07, 6.45) is 0.796. The van der Waals surface area contributed by atoms with Crippen LogP contribution in [0.25, 0.3) is 0 Å². The molecule has 0 aliphatic carbocycles. The van der Waals surface area contributed by atoms with Gasteiger partial charge in [-0.15, -0.1) is 0 Å². The van der Waals surface area contributed by atoms with Crippen LogP contribution < -0.4 is 4.74 Å². The second-order valence-electron chi connectivity index (χ2n) is 5.82. The molecular weight excluding hydrogens is 292 g/mol. The molecule has 0 bridgehead atoms. The maximum absolute atomic E-state index is 11.2. The topological polar surface area (TPSA) is 55.8 Å². The maximum atomic E-state index is 11.2. The fourth-order valence-electron chi connectivity index (χ4n) is 2.71. The van der Waals surface area contributed by atoms with E-state index in [1.54, 1.807) is 12.1 Å². The largest absolute Gasteiger partial charge is 0.493 e. The fraction of sp³-hybridized carbons (Fsp3) is 0.316. The molecule has 1 aliphatic heterocycles. The Kier molecular flexibility index (Phi) is 4.63. The first-order valence-electron chi connectivity index (χ1n) is 7.77. The third kappa shape index (κ3) is 3.54. The van der Waals surface area contributed by atoms with E-state index < -0.39 is 5.97 Å². The standard InChI is InChI=1S/C19H20O4/c1-13-4-2-3-5-14(13)8-9-23-18-10-15(19(20)21)6-7-17(18)16-11-22-12-16/h2-7,10,16H,8-9,11-12H2,1H3,(H,20,21). The van der Waals surface area contributed by atoms with Crippen LogP contribution in [0.4, 0.5) is 0 Å². The summed E-state index contributed by atoms with van der Waals surface area (Å²) in [7, 11) is 0. The summed E-state index contributed by atoms with van der Waals surface area (Å²) in [4.78, 5) is 11.2. The van der Waals surface area contributed by atoms with Crippen molar-refractivity contribution in [3.63, 3.8) is 0 Å². The third-order valence-corrected chi connectivity index (χ3v) is 4.23. The van der Waals surface area contributed by atoms with Crippen molar-refractivity contribution in [3.8, 4) is 5.75 Å². The van der Waals surface area contributed by atoms with Crippen molar-refractivity contribution in [1.29, 1.82) is 0 Å². The van der Waals surface area contributed by atoms with E-state index in [2.05, 4.69) is 19.1 Å². The third-order valence-electron chi connectivity index (χ3n) is 4.23. The fourth-order valence-corrected chi connectivity index (χ4v) is 2.71. The molecule has 1 N–H and O–H groups in total. The molecule has 0 atom stereocenters. The second kappa shape index (κ2) is 6.84. The average molecular weight is 312 g/mol. The number of hydrogen-bond acceptors (Lipinski definition) is 3. The van der Waals surface area contributed by atoms with E-state index in [0.29, 0.717) is 31.5 Å². The zero-order valence-corrected chi connectivity index (χ0v) is 13.1. The van der Waals surface area contributed by atoms with Gasteiger partial charge in [0.25, 0.3) is 0 Å². The van der Waals surface area contributed by atoms with Crippen molar-refractivity contribution in [2.24, 2.45) is 0 Å². The minimum Gasteiger partial charge on any atom is -0.493 e. The summed E-state index contributed by atoms with van der Waals surface area (Å²) in [6, 6.07) is 13.3. The summed E-state index contributed by atoms with van der Waals surface area (Å²) in [5.74, 6) is 0.0169. The zero-order chi connectivity index (χ0) is 16.2. The minimum atomic E-state index is -0.940. The Hall–Kier alpha value is -2.33. The van der Waals surface area contributed by atoms with Crippen LogP contribution in [-0.4, -0.2) is 30.9 Å². The lowest BCUT2D eigenvalue weighted by molar-refractivity contribution is 0.00731. The van der Waals surface area contributed by atoms with Crippen LogP contribution in [-0.2, 0) is 11.2 Å². The number of hydrogen-bond donors (Lipinski definition) is 1. The lowest BCUT2D eigenvalue weighted by Crippen LogP contribution is -2.26. The first-order chi connectivity index (χ1) is 11.1. The summed E-state index contributed by atoms with van der Waals surface area (Å²) < 4.78 is 11.2. The van der Waals surface area contributed by atoms with Crippen LogP contribution in [0.15, 0.2) is 42.5 Å². The van der Waals surface area contributed by atoms with E-state index in [1.165, 1.54) is 11.1 Å². The van der Waals surface area contributed by atoms with E-state index >= 15 is 0 Å². The molecule has 1 fully saturated rings. The Morgan fingerprint density at radius 1 is 1.26 bits per heavy atom. The molecule has 1 aliphatic rings. The number of carboxylic acid groups (broad SMARTS) is 1. The number of aryl methyl sites for hydroxylation is 1. The quantitative estimate of drug-likeness (QED) is 0.888. The highest BCUT2D eigenvalue weighted by molar-refractivity contribution is 5.88. The molecule has 3 rings (SSSR count). The lowest BCUT2D eigenvalue weighted by Gasteiger charge is -2.28. The Balaban J connectivity index is 1.73. The van der Waals surface area contributed by atoms with E-state index in [4.69, 9.17) is 14.6 Å². The van der Waals surface area contributed by atoms with Crippen LogP contribution in [0.1, 0.15) is 33.0 Å². The Morgan fingerprint density at radius 2 is 2.04 bits per heavy atom. The monoisotopic (exact) mass is 312 g/mol. The maximum Gasteiger partial charge on any atom is 0.335 e. The molecular formula is C19H20O4. The smallest absolute Gasteiger partial charge is 0.335 e. The van der Waals surface area contributed by atoms with Gasteiger partial charge in [-0.1, -0.05) is 30.3 Å². The van der Waals surface area contributed by atoms with Crippen LogP contribution in [0.2, 0.25) is 0 Å². The zero-order valence-electron chi connectivity index (χ0n) is 13.1. The molecule has 4 heteroatoms. The van der Waals surface area contributed by atoms with Gasteiger partial charge in [0.1, 0.15) is 5.75 Å². The molecule has 0 unspecified atom stereocenters. The number of aromatic carboxylic acids is 1. The van der Waals surface area contributed by atoms with Crippen molar-refractivity contribution < 1.29 is 19.4 Å². The molecule has 0 spiro atoms.